The average molecular weight is 288 g/mol. The molecule has 0 unspecified atom stereocenters. The first-order valence-corrected chi connectivity index (χ1v) is 7.95. The summed E-state index contributed by atoms with van der Waals surface area (Å²) in [6, 6.07) is 12.0. The van der Waals surface area contributed by atoms with Gasteiger partial charge in [0.05, 0.1) is 10.9 Å². The largest absolute Gasteiger partial charge is 0.289 e. The molecule has 1 fully saturated rings. The molecule has 20 heavy (non-hydrogen) atoms. The Morgan fingerprint density at radius 1 is 1.10 bits per heavy atom. The molecule has 0 amide bonds. The second-order valence-electron chi connectivity index (χ2n) is 4.90. The fourth-order valence-electron chi connectivity index (χ4n) is 2.61. The highest BCUT2D eigenvalue weighted by molar-refractivity contribution is 7.89. The third kappa shape index (κ3) is 2.13. The van der Waals surface area contributed by atoms with Crippen LogP contribution in [0.3, 0.4) is 0 Å². The van der Waals surface area contributed by atoms with Crippen molar-refractivity contribution >= 4 is 27.1 Å². The van der Waals surface area contributed by atoms with E-state index in [1.54, 1.807) is 18.2 Å². The average Bonchev–Trinajstić information content (AvgIpc) is 2.96. The maximum Gasteiger partial charge on any atom is 0.243 e. The molecule has 0 spiro atoms. The molecule has 1 saturated heterocycles. The number of sulfonamides is 1. The van der Waals surface area contributed by atoms with Gasteiger partial charge in [-0.2, -0.15) is 4.31 Å². The highest BCUT2D eigenvalue weighted by Crippen LogP contribution is 2.27. The summed E-state index contributed by atoms with van der Waals surface area (Å²) in [5.74, 6) is 0. The quantitative estimate of drug-likeness (QED) is 0.869. The summed E-state index contributed by atoms with van der Waals surface area (Å²) in [7, 11) is -3.62. The van der Waals surface area contributed by atoms with Gasteiger partial charge in [-0.15, -0.1) is 0 Å². The van der Waals surface area contributed by atoms with E-state index < -0.39 is 16.1 Å². The molecule has 1 aliphatic heterocycles. The Labute approximate surface area is 118 Å². The number of hydrogen-bond acceptors (Lipinski definition) is 3. The van der Waals surface area contributed by atoms with Crippen LogP contribution in [0.2, 0.25) is 0 Å². The van der Waals surface area contributed by atoms with Crippen molar-refractivity contribution in [3.05, 3.63) is 42.5 Å². The standard InChI is InChI=1S/C15H14NO3S/c17-11-14-6-3-9-16(14)20(18,19)15-8-7-12-4-1-2-5-13(12)10-15/h1-2,4-5,7-8,10,14H,3,6,9H2/t14-/m0/s1. The number of hydrogen-bond donors (Lipinski definition) is 0. The zero-order chi connectivity index (χ0) is 14.2. The zero-order valence-corrected chi connectivity index (χ0v) is 11.6. The first kappa shape index (κ1) is 13.3. The van der Waals surface area contributed by atoms with Crippen LogP contribution in [0.1, 0.15) is 12.8 Å². The van der Waals surface area contributed by atoms with E-state index in [2.05, 4.69) is 0 Å². The summed E-state index contributed by atoms with van der Waals surface area (Å²) >= 11 is 0. The lowest BCUT2D eigenvalue weighted by Crippen LogP contribution is -2.36. The predicted molar refractivity (Wildman–Crippen MR) is 76.6 cm³/mol. The maximum absolute atomic E-state index is 12.6. The van der Waals surface area contributed by atoms with Gasteiger partial charge in [-0.25, -0.2) is 8.42 Å². The van der Waals surface area contributed by atoms with E-state index in [4.69, 9.17) is 0 Å². The summed E-state index contributed by atoms with van der Waals surface area (Å²) in [4.78, 5) is 11.1. The lowest BCUT2D eigenvalue weighted by Gasteiger charge is -2.19. The molecule has 1 aliphatic rings. The van der Waals surface area contributed by atoms with Gasteiger partial charge in [0, 0.05) is 6.54 Å². The van der Waals surface area contributed by atoms with Crippen molar-refractivity contribution in [2.45, 2.75) is 23.8 Å². The third-order valence-electron chi connectivity index (χ3n) is 3.67. The number of rotatable bonds is 3. The maximum atomic E-state index is 12.6. The Morgan fingerprint density at radius 3 is 2.60 bits per heavy atom. The van der Waals surface area contributed by atoms with Crippen LogP contribution in [0.5, 0.6) is 0 Å². The number of benzene rings is 2. The highest BCUT2D eigenvalue weighted by Gasteiger charge is 2.35. The molecule has 0 saturated carbocycles. The highest BCUT2D eigenvalue weighted by atomic mass is 32.2. The van der Waals surface area contributed by atoms with E-state index in [0.29, 0.717) is 19.4 Å². The lowest BCUT2D eigenvalue weighted by atomic mass is 10.1. The van der Waals surface area contributed by atoms with Gasteiger partial charge >= 0.3 is 0 Å². The predicted octanol–water partition coefficient (Wildman–Crippen LogP) is 2.10. The molecule has 0 N–H and O–H groups in total. The van der Waals surface area contributed by atoms with Crippen LogP contribution in [-0.4, -0.2) is 31.6 Å². The summed E-state index contributed by atoms with van der Waals surface area (Å²) in [6.45, 7) is 0.384. The van der Waals surface area contributed by atoms with Crippen molar-refractivity contribution < 1.29 is 13.2 Å². The fourth-order valence-corrected chi connectivity index (χ4v) is 4.25. The Hall–Kier alpha value is -1.72. The van der Waals surface area contributed by atoms with Crippen LogP contribution in [0, 0.1) is 0 Å². The van der Waals surface area contributed by atoms with E-state index in [0.717, 1.165) is 10.8 Å². The minimum atomic E-state index is -3.62. The van der Waals surface area contributed by atoms with Gasteiger partial charge < -0.3 is 0 Å². The van der Waals surface area contributed by atoms with Gasteiger partial charge in [0.1, 0.15) is 0 Å². The van der Waals surface area contributed by atoms with Crippen molar-refractivity contribution in [3.8, 4) is 0 Å². The van der Waals surface area contributed by atoms with E-state index in [1.165, 1.54) is 4.31 Å². The molecular weight excluding hydrogens is 274 g/mol. The topological polar surface area (TPSA) is 54.5 Å². The molecule has 2 aromatic rings. The molecule has 1 radical (unpaired) electrons. The molecule has 2 aromatic carbocycles. The van der Waals surface area contributed by atoms with Crippen LogP contribution < -0.4 is 0 Å². The Morgan fingerprint density at radius 2 is 1.85 bits per heavy atom. The SMILES string of the molecule is O=[C][C@@H]1CCCN1S(=O)(=O)c1ccc2ccccc2c1. The molecule has 1 heterocycles. The number of carbonyl (C=O) groups excluding carboxylic acids is 1. The van der Waals surface area contributed by atoms with Crippen molar-refractivity contribution in [2.24, 2.45) is 0 Å². The summed E-state index contributed by atoms with van der Waals surface area (Å²) in [6.07, 6.45) is 3.08. The molecule has 0 bridgehead atoms. The summed E-state index contributed by atoms with van der Waals surface area (Å²) < 4.78 is 26.4. The van der Waals surface area contributed by atoms with Crippen molar-refractivity contribution in [2.75, 3.05) is 6.54 Å². The molecule has 3 rings (SSSR count). The van der Waals surface area contributed by atoms with Gasteiger partial charge in [-0.3, -0.25) is 4.79 Å². The Bertz CT molecular complexity index is 755. The molecule has 5 heteroatoms. The summed E-state index contributed by atoms with van der Waals surface area (Å²) in [5, 5.41) is 1.87. The van der Waals surface area contributed by atoms with Crippen LogP contribution in [-0.2, 0) is 14.8 Å². The third-order valence-corrected chi connectivity index (χ3v) is 5.57. The first-order chi connectivity index (χ1) is 9.63. The van der Waals surface area contributed by atoms with Gasteiger partial charge in [0.25, 0.3) is 0 Å². The second kappa shape index (κ2) is 5.00. The van der Waals surface area contributed by atoms with E-state index >= 15 is 0 Å². The van der Waals surface area contributed by atoms with Crippen molar-refractivity contribution in [1.29, 1.82) is 0 Å². The second-order valence-corrected chi connectivity index (χ2v) is 6.79. The molecular formula is C15H14NO3S. The van der Waals surface area contributed by atoms with E-state index in [-0.39, 0.29) is 4.90 Å². The Kier molecular flexibility index (Phi) is 3.31. The smallest absolute Gasteiger partial charge is 0.243 e. The van der Waals surface area contributed by atoms with Gasteiger partial charge in [-0.05, 0) is 35.7 Å². The lowest BCUT2D eigenvalue weighted by molar-refractivity contribution is 0.426. The van der Waals surface area contributed by atoms with Gasteiger partial charge in [0.15, 0.2) is 0 Å². The van der Waals surface area contributed by atoms with Crippen LogP contribution in [0.25, 0.3) is 10.8 Å². The van der Waals surface area contributed by atoms with E-state index in [9.17, 15) is 13.2 Å². The minimum Gasteiger partial charge on any atom is -0.289 e. The van der Waals surface area contributed by atoms with Gasteiger partial charge in [0.2, 0.25) is 16.3 Å². The zero-order valence-electron chi connectivity index (χ0n) is 10.8. The normalized spacial score (nSPS) is 20.3. The molecule has 0 aliphatic carbocycles. The molecule has 0 aromatic heterocycles. The number of nitrogens with zero attached hydrogens (tertiary/aromatic N) is 1. The van der Waals surface area contributed by atoms with Crippen LogP contribution in [0.4, 0.5) is 0 Å². The molecule has 1 atom stereocenters. The van der Waals surface area contributed by atoms with Crippen molar-refractivity contribution in [3.63, 3.8) is 0 Å². The van der Waals surface area contributed by atoms with Crippen LogP contribution in [0.15, 0.2) is 47.4 Å². The first-order valence-electron chi connectivity index (χ1n) is 6.51. The minimum absolute atomic E-state index is 0.235. The van der Waals surface area contributed by atoms with E-state index in [1.807, 2.05) is 30.6 Å². The van der Waals surface area contributed by atoms with Crippen molar-refractivity contribution in [1.82, 2.24) is 4.31 Å². The van der Waals surface area contributed by atoms with Gasteiger partial charge in [-0.1, -0.05) is 30.3 Å². The number of fused-ring (bicyclic) bond motifs is 1. The fraction of sp³-hybridized carbons (Fsp3) is 0.267. The summed E-state index contributed by atoms with van der Waals surface area (Å²) in [5.41, 5.74) is 0. The monoisotopic (exact) mass is 288 g/mol. The molecule has 4 nitrogen and oxygen atoms in total. The molecule has 103 valence electrons. The van der Waals surface area contributed by atoms with Crippen LogP contribution >= 0.6 is 0 Å². The Balaban J connectivity index is 2.07.